The third kappa shape index (κ3) is 4.24. The number of aliphatic hydroxyl groups excluding tert-OH is 1. The van der Waals surface area contributed by atoms with Crippen molar-refractivity contribution in [3.63, 3.8) is 0 Å². The van der Waals surface area contributed by atoms with Crippen molar-refractivity contribution in [1.29, 1.82) is 0 Å². The fourth-order valence-corrected chi connectivity index (χ4v) is 1.34. The van der Waals surface area contributed by atoms with Crippen LogP contribution in [-0.2, 0) is 4.79 Å². The third-order valence-electron chi connectivity index (χ3n) is 2.23. The lowest BCUT2D eigenvalue weighted by Crippen LogP contribution is -2.38. The number of hydrogen-bond acceptors (Lipinski definition) is 3. The molecule has 0 heterocycles. The molecule has 0 aromatic heterocycles. The molecule has 0 aliphatic heterocycles. The first-order chi connectivity index (χ1) is 8.15. The normalized spacial score (nSPS) is 9.76. The molecule has 0 fully saturated rings. The fourth-order valence-electron chi connectivity index (χ4n) is 1.34. The summed E-state index contributed by atoms with van der Waals surface area (Å²) in [5.74, 6) is -0.594. The Kier molecular flexibility index (Phi) is 5.16. The zero-order valence-electron chi connectivity index (χ0n) is 9.69. The van der Waals surface area contributed by atoms with E-state index in [1.54, 1.807) is 12.1 Å². The molecule has 1 rings (SSSR count). The van der Waals surface area contributed by atoms with Crippen LogP contribution in [0.3, 0.4) is 0 Å². The lowest BCUT2D eigenvalue weighted by molar-refractivity contribution is -0.120. The van der Waals surface area contributed by atoms with E-state index in [1.165, 1.54) is 0 Å². The van der Waals surface area contributed by atoms with E-state index in [0.29, 0.717) is 5.56 Å². The standard InChI is InChI=1S/C12H16N2O3/c1-9-4-2-3-5-10(9)12(17)14-8-11(16)13-6-7-15/h2-5,15H,6-8H2,1H3,(H,13,16)(H,14,17). The van der Waals surface area contributed by atoms with E-state index in [1.807, 2.05) is 19.1 Å². The maximum Gasteiger partial charge on any atom is 0.251 e. The molecule has 5 nitrogen and oxygen atoms in total. The van der Waals surface area contributed by atoms with Gasteiger partial charge in [0.25, 0.3) is 5.91 Å². The van der Waals surface area contributed by atoms with E-state index >= 15 is 0 Å². The van der Waals surface area contributed by atoms with E-state index in [-0.39, 0.29) is 31.5 Å². The van der Waals surface area contributed by atoms with Gasteiger partial charge in [-0.3, -0.25) is 9.59 Å². The van der Waals surface area contributed by atoms with E-state index < -0.39 is 0 Å². The lowest BCUT2D eigenvalue weighted by atomic mass is 10.1. The first-order valence-electron chi connectivity index (χ1n) is 5.36. The second kappa shape index (κ2) is 6.65. The molecule has 0 atom stereocenters. The Bertz CT molecular complexity index is 404. The van der Waals surface area contributed by atoms with E-state index in [9.17, 15) is 9.59 Å². The van der Waals surface area contributed by atoms with Gasteiger partial charge in [0.05, 0.1) is 13.2 Å². The van der Waals surface area contributed by atoms with Crippen LogP contribution in [-0.4, -0.2) is 36.6 Å². The predicted octanol–water partition coefficient (Wildman–Crippen LogP) is -0.167. The van der Waals surface area contributed by atoms with Gasteiger partial charge in [0.15, 0.2) is 0 Å². The van der Waals surface area contributed by atoms with Crippen LogP contribution in [0.2, 0.25) is 0 Å². The summed E-state index contributed by atoms with van der Waals surface area (Å²) < 4.78 is 0. The number of benzene rings is 1. The van der Waals surface area contributed by atoms with Crippen LogP contribution in [0.5, 0.6) is 0 Å². The summed E-state index contributed by atoms with van der Waals surface area (Å²) in [6.07, 6.45) is 0. The van der Waals surface area contributed by atoms with Gasteiger partial charge in [-0.15, -0.1) is 0 Å². The molecule has 5 heteroatoms. The van der Waals surface area contributed by atoms with Crippen molar-refractivity contribution in [2.75, 3.05) is 19.7 Å². The minimum absolute atomic E-state index is 0.0901. The molecule has 92 valence electrons. The van der Waals surface area contributed by atoms with Crippen LogP contribution < -0.4 is 10.6 Å². The van der Waals surface area contributed by atoms with Gasteiger partial charge in [0.2, 0.25) is 5.91 Å². The van der Waals surface area contributed by atoms with E-state index in [4.69, 9.17) is 5.11 Å². The van der Waals surface area contributed by atoms with Gasteiger partial charge in [0, 0.05) is 12.1 Å². The van der Waals surface area contributed by atoms with Crippen LogP contribution in [0.25, 0.3) is 0 Å². The molecule has 1 aromatic carbocycles. The summed E-state index contributed by atoms with van der Waals surface area (Å²) in [6, 6.07) is 7.16. The topological polar surface area (TPSA) is 78.4 Å². The molecule has 3 N–H and O–H groups in total. The first-order valence-corrected chi connectivity index (χ1v) is 5.36. The second-order valence-electron chi connectivity index (χ2n) is 3.57. The van der Waals surface area contributed by atoms with Crippen molar-refractivity contribution in [3.05, 3.63) is 35.4 Å². The smallest absolute Gasteiger partial charge is 0.251 e. The molecule has 0 aliphatic carbocycles. The SMILES string of the molecule is Cc1ccccc1C(=O)NCC(=O)NCCO. The van der Waals surface area contributed by atoms with Crippen molar-refractivity contribution in [2.45, 2.75) is 6.92 Å². The molecule has 0 saturated heterocycles. The Hall–Kier alpha value is -1.88. The van der Waals surface area contributed by atoms with Crippen LogP contribution in [0.4, 0.5) is 0 Å². The first kappa shape index (κ1) is 13.2. The highest BCUT2D eigenvalue weighted by molar-refractivity contribution is 5.97. The number of amides is 2. The molecule has 0 radical (unpaired) electrons. The van der Waals surface area contributed by atoms with Crippen LogP contribution in [0.15, 0.2) is 24.3 Å². The Morgan fingerprint density at radius 2 is 1.94 bits per heavy atom. The van der Waals surface area contributed by atoms with Crippen LogP contribution in [0, 0.1) is 6.92 Å². The summed E-state index contributed by atoms with van der Waals surface area (Å²) >= 11 is 0. The Labute approximate surface area is 99.8 Å². The molecule has 0 spiro atoms. The van der Waals surface area contributed by atoms with Gasteiger partial charge in [-0.2, -0.15) is 0 Å². The van der Waals surface area contributed by atoms with Crippen molar-refractivity contribution >= 4 is 11.8 Å². The van der Waals surface area contributed by atoms with Gasteiger partial charge >= 0.3 is 0 Å². The zero-order chi connectivity index (χ0) is 12.7. The van der Waals surface area contributed by atoms with Gasteiger partial charge in [0.1, 0.15) is 0 Å². The van der Waals surface area contributed by atoms with Crippen molar-refractivity contribution in [1.82, 2.24) is 10.6 Å². The number of hydrogen-bond donors (Lipinski definition) is 3. The maximum atomic E-state index is 11.7. The highest BCUT2D eigenvalue weighted by Gasteiger charge is 2.09. The Morgan fingerprint density at radius 3 is 2.59 bits per heavy atom. The summed E-state index contributed by atoms with van der Waals surface area (Å²) in [6.45, 7) is 1.82. The largest absolute Gasteiger partial charge is 0.395 e. The molecule has 2 amide bonds. The molecular formula is C12H16N2O3. The molecule has 0 saturated carbocycles. The summed E-state index contributed by atoms with van der Waals surface area (Å²) in [4.78, 5) is 22.9. The number of nitrogens with one attached hydrogen (secondary N) is 2. The minimum atomic E-state index is -0.319. The second-order valence-corrected chi connectivity index (χ2v) is 3.57. The summed E-state index contributed by atoms with van der Waals surface area (Å²) in [5, 5.41) is 13.5. The lowest BCUT2D eigenvalue weighted by Gasteiger charge is -2.07. The van der Waals surface area contributed by atoms with Crippen molar-refractivity contribution in [3.8, 4) is 0 Å². The number of aliphatic hydroxyl groups is 1. The van der Waals surface area contributed by atoms with Gasteiger partial charge in [-0.25, -0.2) is 0 Å². The molecule has 0 bridgehead atoms. The number of rotatable bonds is 5. The molecule has 0 aliphatic rings. The summed E-state index contributed by atoms with van der Waals surface area (Å²) in [7, 11) is 0. The average Bonchev–Trinajstić information content (AvgIpc) is 2.34. The van der Waals surface area contributed by atoms with Crippen molar-refractivity contribution < 1.29 is 14.7 Å². The third-order valence-corrected chi connectivity index (χ3v) is 2.23. The zero-order valence-corrected chi connectivity index (χ0v) is 9.69. The Morgan fingerprint density at radius 1 is 1.24 bits per heavy atom. The van der Waals surface area contributed by atoms with Gasteiger partial charge in [-0.1, -0.05) is 18.2 Å². The highest BCUT2D eigenvalue weighted by Crippen LogP contribution is 2.05. The van der Waals surface area contributed by atoms with Gasteiger partial charge < -0.3 is 15.7 Å². The number of aryl methyl sites for hydroxylation is 1. The van der Waals surface area contributed by atoms with Crippen LogP contribution in [0.1, 0.15) is 15.9 Å². The minimum Gasteiger partial charge on any atom is -0.395 e. The van der Waals surface area contributed by atoms with E-state index in [2.05, 4.69) is 10.6 Å². The number of carbonyl (C=O) groups excluding carboxylic acids is 2. The molecule has 17 heavy (non-hydrogen) atoms. The molecular weight excluding hydrogens is 220 g/mol. The maximum absolute atomic E-state index is 11.7. The number of carbonyl (C=O) groups is 2. The fraction of sp³-hybridized carbons (Fsp3) is 0.333. The molecule has 0 unspecified atom stereocenters. The quantitative estimate of drug-likeness (QED) is 0.664. The average molecular weight is 236 g/mol. The summed E-state index contributed by atoms with van der Waals surface area (Å²) in [5.41, 5.74) is 1.42. The van der Waals surface area contributed by atoms with Crippen LogP contribution >= 0.6 is 0 Å². The predicted molar refractivity (Wildman–Crippen MR) is 63.6 cm³/mol. The van der Waals surface area contributed by atoms with Crippen molar-refractivity contribution in [2.24, 2.45) is 0 Å². The van der Waals surface area contributed by atoms with E-state index in [0.717, 1.165) is 5.56 Å². The van der Waals surface area contributed by atoms with Gasteiger partial charge in [-0.05, 0) is 18.6 Å². The molecule has 1 aromatic rings. The highest BCUT2D eigenvalue weighted by atomic mass is 16.3. The monoisotopic (exact) mass is 236 g/mol. The Balaban J connectivity index is 2.45.